The molecule has 0 atom stereocenters. The van der Waals surface area contributed by atoms with Crippen LogP contribution in [0, 0.1) is 20.8 Å². The van der Waals surface area contributed by atoms with Crippen molar-refractivity contribution in [3.63, 3.8) is 0 Å². The number of nitrogens with one attached hydrogen (secondary N) is 2. The van der Waals surface area contributed by atoms with E-state index in [2.05, 4.69) is 28.8 Å². The highest BCUT2D eigenvalue weighted by Gasteiger charge is 2.47. The molecule has 1 aromatic heterocycles. The van der Waals surface area contributed by atoms with Crippen LogP contribution in [0.25, 0.3) is 10.9 Å². The van der Waals surface area contributed by atoms with E-state index in [1.54, 1.807) is 6.07 Å². The van der Waals surface area contributed by atoms with Crippen LogP contribution in [0.3, 0.4) is 0 Å². The number of sulfonamides is 1. The molecule has 1 fully saturated rings. The maximum Gasteiger partial charge on any atom is 0.240 e. The van der Waals surface area contributed by atoms with E-state index < -0.39 is 10.0 Å². The second-order valence-corrected chi connectivity index (χ2v) is 9.28. The number of H-pyrrole nitrogens is 1. The first-order chi connectivity index (χ1) is 12.3. The van der Waals surface area contributed by atoms with Gasteiger partial charge < -0.3 is 4.98 Å². The molecule has 0 amide bonds. The SMILES string of the molecule is Cc1ccc(S(=O)(=O)NCC2(c3c(C)[nH]c4ccccc34)CC2)c(C)c1. The van der Waals surface area contributed by atoms with E-state index in [0.29, 0.717) is 11.4 Å². The van der Waals surface area contributed by atoms with Crippen LogP contribution < -0.4 is 4.72 Å². The molecule has 2 aromatic carbocycles. The maximum atomic E-state index is 12.8. The van der Waals surface area contributed by atoms with Gasteiger partial charge in [-0.05, 0) is 56.9 Å². The van der Waals surface area contributed by atoms with Crippen LogP contribution in [0.5, 0.6) is 0 Å². The van der Waals surface area contributed by atoms with E-state index >= 15 is 0 Å². The second-order valence-electron chi connectivity index (χ2n) is 7.54. The van der Waals surface area contributed by atoms with Gasteiger partial charge in [0.1, 0.15) is 0 Å². The molecule has 5 heteroatoms. The number of aromatic amines is 1. The van der Waals surface area contributed by atoms with Gasteiger partial charge in [-0.15, -0.1) is 0 Å². The van der Waals surface area contributed by atoms with E-state index in [-0.39, 0.29) is 5.41 Å². The predicted molar refractivity (Wildman–Crippen MR) is 105 cm³/mol. The van der Waals surface area contributed by atoms with E-state index in [1.165, 1.54) is 10.9 Å². The minimum absolute atomic E-state index is 0.102. The van der Waals surface area contributed by atoms with Crippen LogP contribution in [0.2, 0.25) is 0 Å². The molecule has 3 aromatic rings. The molecule has 1 saturated carbocycles. The number of aromatic nitrogens is 1. The smallest absolute Gasteiger partial charge is 0.240 e. The zero-order valence-electron chi connectivity index (χ0n) is 15.4. The topological polar surface area (TPSA) is 62.0 Å². The number of rotatable bonds is 5. The van der Waals surface area contributed by atoms with Crippen molar-refractivity contribution in [2.45, 2.75) is 43.9 Å². The highest BCUT2D eigenvalue weighted by Crippen LogP contribution is 2.51. The summed E-state index contributed by atoms with van der Waals surface area (Å²) >= 11 is 0. The van der Waals surface area contributed by atoms with Gasteiger partial charge in [0, 0.05) is 28.6 Å². The lowest BCUT2D eigenvalue weighted by Gasteiger charge is -2.18. The Hall–Kier alpha value is -2.11. The van der Waals surface area contributed by atoms with Gasteiger partial charge in [-0.3, -0.25) is 0 Å². The lowest BCUT2D eigenvalue weighted by molar-refractivity contribution is 0.566. The Kier molecular flexibility index (Phi) is 3.97. The van der Waals surface area contributed by atoms with Gasteiger partial charge in [-0.25, -0.2) is 13.1 Å². The molecule has 4 rings (SSSR count). The van der Waals surface area contributed by atoms with E-state index in [1.807, 2.05) is 38.1 Å². The van der Waals surface area contributed by atoms with Gasteiger partial charge >= 0.3 is 0 Å². The summed E-state index contributed by atoms with van der Waals surface area (Å²) in [5.74, 6) is 0. The fourth-order valence-electron chi connectivity index (χ4n) is 4.04. The van der Waals surface area contributed by atoms with Crippen LogP contribution >= 0.6 is 0 Å². The first kappa shape index (κ1) is 17.3. The normalized spacial score (nSPS) is 16.1. The fraction of sp³-hybridized carbons (Fsp3) is 0.333. The highest BCUT2D eigenvalue weighted by atomic mass is 32.2. The molecular weight excluding hydrogens is 344 g/mol. The number of fused-ring (bicyclic) bond motifs is 1. The van der Waals surface area contributed by atoms with Crippen molar-refractivity contribution in [2.75, 3.05) is 6.54 Å². The minimum Gasteiger partial charge on any atom is -0.358 e. The van der Waals surface area contributed by atoms with Crippen molar-refractivity contribution in [1.29, 1.82) is 0 Å². The van der Waals surface area contributed by atoms with Crippen LogP contribution in [0.4, 0.5) is 0 Å². The number of hydrogen-bond donors (Lipinski definition) is 2. The maximum absolute atomic E-state index is 12.8. The van der Waals surface area contributed by atoms with Gasteiger partial charge in [0.15, 0.2) is 0 Å². The van der Waals surface area contributed by atoms with Crippen LogP contribution in [-0.2, 0) is 15.4 Å². The Bertz CT molecular complexity index is 1090. The summed E-state index contributed by atoms with van der Waals surface area (Å²) in [6.45, 7) is 6.33. The molecule has 2 N–H and O–H groups in total. The van der Waals surface area contributed by atoms with Crippen LogP contribution in [0.15, 0.2) is 47.4 Å². The van der Waals surface area contributed by atoms with E-state index in [0.717, 1.165) is 35.2 Å². The summed E-state index contributed by atoms with van der Waals surface area (Å²) in [5.41, 5.74) is 5.25. The Labute approximate surface area is 154 Å². The Morgan fingerprint density at radius 1 is 1.08 bits per heavy atom. The van der Waals surface area contributed by atoms with Gasteiger partial charge in [0.25, 0.3) is 0 Å². The molecule has 0 aliphatic heterocycles. The number of para-hydroxylation sites is 1. The molecule has 0 spiro atoms. The monoisotopic (exact) mass is 368 g/mol. The first-order valence-corrected chi connectivity index (χ1v) is 10.5. The average molecular weight is 369 g/mol. The third-order valence-corrected chi connectivity index (χ3v) is 7.06. The summed E-state index contributed by atoms with van der Waals surface area (Å²) in [4.78, 5) is 3.81. The van der Waals surface area contributed by atoms with Gasteiger partial charge in [0.05, 0.1) is 4.90 Å². The molecule has 4 nitrogen and oxygen atoms in total. The molecule has 0 radical (unpaired) electrons. The van der Waals surface area contributed by atoms with E-state index in [4.69, 9.17) is 0 Å². The van der Waals surface area contributed by atoms with Crippen LogP contribution in [-0.4, -0.2) is 19.9 Å². The molecule has 136 valence electrons. The standard InChI is InChI=1S/C21H24N2O2S/c1-14-8-9-19(15(2)12-14)26(24,25)22-13-21(10-11-21)20-16(3)23-18-7-5-4-6-17(18)20/h4-9,12,22-23H,10-11,13H2,1-3H3. The minimum atomic E-state index is -3.52. The van der Waals surface area contributed by atoms with Gasteiger partial charge in [-0.2, -0.15) is 0 Å². The lowest BCUT2D eigenvalue weighted by Crippen LogP contribution is -2.33. The van der Waals surface area contributed by atoms with Gasteiger partial charge in [0.2, 0.25) is 10.0 Å². The highest BCUT2D eigenvalue weighted by molar-refractivity contribution is 7.89. The summed E-state index contributed by atoms with van der Waals surface area (Å²) in [7, 11) is -3.52. The van der Waals surface area contributed by atoms with Crippen molar-refractivity contribution in [1.82, 2.24) is 9.71 Å². The first-order valence-electron chi connectivity index (χ1n) is 8.97. The van der Waals surface area contributed by atoms with Crippen molar-refractivity contribution in [2.24, 2.45) is 0 Å². The predicted octanol–water partition coefficient (Wildman–Crippen LogP) is 4.10. The lowest BCUT2D eigenvalue weighted by atomic mass is 9.93. The zero-order valence-corrected chi connectivity index (χ0v) is 16.2. The van der Waals surface area contributed by atoms with E-state index in [9.17, 15) is 8.42 Å². The van der Waals surface area contributed by atoms with Gasteiger partial charge in [-0.1, -0.05) is 35.9 Å². The summed E-state index contributed by atoms with van der Waals surface area (Å²) in [6, 6.07) is 13.7. The van der Waals surface area contributed by atoms with Crippen molar-refractivity contribution in [3.05, 3.63) is 64.8 Å². The fourth-order valence-corrected chi connectivity index (χ4v) is 5.39. The van der Waals surface area contributed by atoms with Crippen molar-refractivity contribution in [3.8, 4) is 0 Å². The Morgan fingerprint density at radius 3 is 2.50 bits per heavy atom. The quantitative estimate of drug-likeness (QED) is 0.712. The molecule has 0 bridgehead atoms. The summed E-state index contributed by atoms with van der Waals surface area (Å²) < 4.78 is 28.6. The molecule has 0 unspecified atom stereocenters. The molecule has 1 aliphatic carbocycles. The molecule has 1 heterocycles. The summed E-state index contributed by atoms with van der Waals surface area (Å²) in [6.07, 6.45) is 2.01. The third kappa shape index (κ3) is 2.85. The molecule has 26 heavy (non-hydrogen) atoms. The largest absolute Gasteiger partial charge is 0.358 e. The third-order valence-electron chi connectivity index (χ3n) is 5.50. The molecule has 0 saturated heterocycles. The molecule has 1 aliphatic rings. The summed E-state index contributed by atoms with van der Waals surface area (Å²) in [5, 5.41) is 1.20. The Morgan fingerprint density at radius 2 is 1.81 bits per heavy atom. The number of hydrogen-bond acceptors (Lipinski definition) is 2. The van der Waals surface area contributed by atoms with Crippen molar-refractivity contribution < 1.29 is 8.42 Å². The Balaban J connectivity index is 1.64. The second kappa shape index (κ2) is 5.96. The average Bonchev–Trinajstić information content (AvgIpc) is 3.28. The number of aryl methyl sites for hydroxylation is 3. The van der Waals surface area contributed by atoms with Crippen molar-refractivity contribution >= 4 is 20.9 Å². The number of benzene rings is 2. The van der Waals surface area contributed by atoms with Crippen LogP contribution in [0.1, 0.15) is 35.2 Å². The zero-order chi connectivity index (χ0) is 18.5. The molecular formula is C21H24N2O2S.